The Morgan fingerprint density at radius 1 is 1.17 bits per heavy atom. The summed E-state index contributed by atoms with van der Waals surface area (Å²) in [7, 11) is 0. The van der Waals surface area contributed by atoms with E-state index in [2.05, 4.69) is 20.9 Å². The van der Waals surface area contributed by atoms with Gasteiger partial charge in [-0.3, -0.25) is 9.78 Å². The number of Topliss-reactive ketones (excluding diaryl/α,β-unsaturated/α-hetero) is 1. The second-order valence-electron chi connectivity index (χ2n) is 4.06. The Kier molecular flexibility index (Phi) is 4.26. The van der Waals surface area contributed by atoms with Crippen LogP contribution in [0.3, 0.4) is 0 Å². The summed E-state index contributed by atoms with van der Waals surface area (Å²) in [5.74, 6) is 0.0688. The molecule has 1 aromatic carbocycles. The Labute approximate surface area is 115 Å². The summed E-state index contributed by atoms with van der Waals surface area (Å²) < 4.78 is 0.965. The lowest BCUT2D eigenvalue weighted by atomic mass is 10.0. The van der Waals surface area contributed by atoms with Crippen LogP contribution in [0.2, 0.25) is 0 Å². The Morgan fingerprint density at radius 3 is 2.61 bits per heavy atom. The Balaban J connectivity index is 2.25. The first kappa shape index (κ1) is 13.0. The molecule has 0 saturated heterocycles. The fourth-order valence-corrected chi connectivity index (χ4v) is 2.30. The van der Waals surface area contributed by atoms with Gasteiger partial charge in [-0.2, -0.15) is 0 Å². The van der Waals surface area contributed by atoms with Crippen molar-refractivity contribution in [3.05, 3.63) is 63.9 Å². The molecule has 3 heteroatoms. The van der Waals surface area contributed by atoms with Crippen LogP contribution in [0.25, 0.3) is 0 Å². The summed E-state index contributed by atoms with van der Waals surface area (Å²) in [6.45, 7) is 2.03. The quantitative estimate of drug-likeness (QED) is 0.804. The molecule has 2 aromatic rings. The van der Waals surface area contributed by atoms with Gasteiger partial charge in [-0.1, -0.05) is 47.1 Å². The number of hydrogen-bond donors (Lipinski definition) is 0. The van der Waals surface area contributed by atoms with Crippen molar-refractivity contribution in [1.29, 1.82) is 0 Å². The number of aromatic nitrogens is 1. The minimum Gasteiger partial charge on any atom is -0.292 e. The maximum atomic E-state index is 12.3. The zero-order valence-electron chi connectivity index (χ0n) is 10.2. The number of pyridine rings is 1. The van der Waals surface area contributed by atoms with Gasteiger partial charge in [-0.25, -0.2) is 0 Å². The summed E-state index contributed by atoms with van der Waals surface area (Å²) in [4.78, 5) is 16.5. The van der Waals surface area contributed by atoms with Gasteiger partial charge in [0.2, 0.25) is 0 Å². The number of hydrogen-bond acceptors (Lipinski definition) is 2. The lowest BCUT2D eigenvalue weighted by molar-refractivity contribution is 0.0987. The van der Waals surface area contributed by atoms with Crippen molar-refractivity contribution in [1.82, 2.24) is 4.98 Å². The van der Waals surface area contributed by atoms with Gasteiger partial charge in [-0.15, -0.1) is 0 Å². The van der Waals surface area contributed by atoms with Gasteiger partial charge >= 0.3 is 0 Å². The molecule has 18 heavy (non-hydrogen) atoms. The summed E-state index contributed by atoms with van der Waals surface area (Å²) in [5, 5.41) is 0. The highest BCUT2D eigenvalue weighted by Crippen LogP contribution is 2.18. The number of rotatable bonds is 4. The van der Waals surface area contributed by atoms with E-state index in [1.165, 1.54) is 0 Å². The molecule has 2 nitrogen and oxygen atoms in total. The molecule has 92 valence electrons. The number of ketones is 1. The standard InChI is InChI=1S/C15H14BrNO/c1-2-11-7-5-9-17-15(11)14(18)10-12-6-3-4-8-13(12)16/h3-9H,2,10H2,1H3. The SMILES string of the molecule is CCc1cccnc1C(=O)Cc1ccccc1Br. The molecule has 0 radical (unpaired) electrons. The number of carbonyl (C=O) groups excluding carboxylic acids is 1. The molecule has 0 unspecified atom stereocenters. The van der Waals surface area contributed by atoms with Crippen LogP contribution in [-0.2, 0) is 12.8 Å². The number of carbonyl (C=O) groups is 1. The fourth-order valence-electron chi connectivity index (χ4n) is 1.87. The van der Waals surface area contributed by atoms with Crippen LogP contribution >= 0.6 is 15.9 Å². The van der Waals surface area contributed by atoms with Gasteiger partial charge in [0.25, 0.3) is 0 Å². The van der Waals surface area contributed by atoms with E-state index in [0.717, 1.165) is 22.0 Å². The molecule has 0 aliphatic carbocycles. The maximum Gasteiger partial charge on any atom is 0.185 e. The normalized spacial score (nSPS) is 10.3. The molecule has 1 heterocycles. The van der Waals surface area contributed by atoms with Crippen molar-refractivity contribution in [3.8, 4) is 0 Å². The largest absolute Gasteiger partial charge is 0.292 e. The zero-order chi connectivity index (χ0) is 13.0. The molecule has 0 aliphatic rings. The minimum atomic E-state index is 0.0688. The first-order valence-electron chi connectivity index (χ1n) is 5.93. The van der Waals surface area contributed by atoms with Gasteiger partial charge in [-0.05, 0) is 29.7 Å². The summed E-state index contributed by atoms with van der Waals surface area (Å²) in [5.41, 5.74) is 2.60. The molecule has 0 aliphatic heterocycles. The third-order valence-corrected chi connectivity index (χ3v) is 3.62. The molecule has 0 fully saturated rings. The van der Waals surface area contributed by atoms with Crippen molar-refractivity contribution in [3.63, 3.8) is 0 Å². The lowest BCUT2D eigenvalue weighted by Crippen LogP contribution is -2.09. The van der Waals surface area contributed by atoms with E-state index in [0.29, 0.717) is 12.1 Å². The van der Waals surface area contributed by atoms with Crippen molar-refractivity contribution in [2.24, 2.45) is 0 Å². The summed E-state index contributed by atoms with van der Waals surface area (Å²) in [6, 6.07) is 11.6. The average molecular weight is 304 g/mol. The van der Waals surface area contributed by atoms with Crippen molar-refractivity contribution < 1.29 is 4.79 Å². The molecule has 2 rings (SSSR count). The van der Waals surface area contributed by atoms with E-state index in [1.807, 2.05) is 43.3 Å². The highest BCUT2D eigenvalue weighted by atomic mass is 79.9. The van der Waals surface area contributed by atoms with Crippen molar-refractivity contribution >= 4 is 21.7 Å². The van der Waals surface area contributed by atoms with Crippen LogP contribution in [0.5, 0.6) is 0 Å². The number of halogens is 1. The third kappa shape index (κ3) is 2.85. The first-order chi connectivity index (χ1) is 8.72. The zero-order valence-corrected chi connectivity index (χ0v) is 11.8. The van der Waals surface area contributed by atoms with Crippen LogP contribution in [0.1, 0.15) is 28.5 Å². The van der Waals surface area contributed by atoms with Crippen LogP contribution in [0.4, 0.5) is 0 Å². The Hall–Kier alpha value is -1.48. The Morgan fingerprint density at radius 2 is 1.89 bits per heavy atom. The summed E-state index contributed by atoms with van der Waals surface area (Å²) in [6.07, 6.45) is 2.88. The Bertz CT molecular complexity index is 566. The van der Waals surface area contributed by atoms with E-state index in [4.69, 9.17) is 0 Å². The van der Waals surface area contributed by atoms with Crippen molar-refractivity contribution in [2.75, 3.05) is 0 Å². The predicted molar refractivity (Wildman–Crippen MR) is 75.8 cm³/mol. The minimum absolute atomic E-state index is 0.0688. The van der Waals surface area contributed by atoms with Gasteiger partial charge in [0.05, 0.1) is 0 Å². The van der Waals surface area contributed by atoms with Gasteiger partial charge in [0, 0.05) is 17.1 Å². The molecule has 0 bridgehead atoms. The second kappa shape index (κ2) is 5.91. The van der Waals surface area contributed by atoms with Crippen LogP contribution in [0.15, 0.2) is 47.1 Å². The summed E-state index contributed by atoms with van der Waals surface area (Å²) >= 11 is 3.46. The molecule has 0 amide bonds. The highest BCUT2D eigenvalue weighted by Gasteiger charge is 2.13. The average Bonchev–Trinajstić information content (AvgIpc) is 2.41. The van der Waals surface area contributed by atoms with E-state index in [1.54, 1.807) is 6.20 Å². The van der Waals surface area contributed by atoms with Gasteiger partial charge in [0.15, 0.2) is 5.78 Å². The van der Waals surface area contributed by atoms with Crippen LogP contribution < -0.4 is 0 Å². The number of nitrogens with zero attached hydrogens (tertiary/aromatic N) is 1. The molecular weight excluding hydrogens is 290 g/mol. The molecule has 0 spiro atoms. The van der Waals surface area contributed by atoms with E-state index in [-0.39, 0.29) is 5.78 Å². The number of benzene rings is 1. The smallest absolute Gasteiger partial charge is 0.185 e. The van der Waals surface area contributed by atoms with E-state index < -0.39 is 0 Å². The first-order valence-corrected chi connectivity index (χ1v) is 6.72. The van der Waals surface area contributed by atoms with Gasteiger partial charge in [0.1, 0.15) is 5.69 Å². The monoisotopic (exact) mass is 303 g/mol. The molecular formula is C15H14BrNO. The fraction of sp³-hybridized carbons (Fsp3) is 0.200. The van der Waals surface area contributed by atoms with Crippen LogP contribution in [-0.4, -0.2) is 10.8 Å². The topological polar surface area (TPSA) is 30.0 Å². The third-order valence-electron chi connectivity index (χ3n) is 2.85. The molecule has 0 N–H and O–H groups in total. The van der Waals surface area contributed by atoms with Crippen LogP contribution in [0, 0.1) is 0 Å². The van der Waals surface area contributed by atoms with Gasteiger partial charge < -0.3 is 0 Å². The molecule has 0 atom stereocenters. The highest BCUT2D eigenvalue weighted by molar-refractivity contribution is 9.10. The second-order valence-corrected chi connectivity index (χ2v) is 4.91. The van der Waals surface area contributed by atoms with Crippen molar-refractivity contribution in [2.45, 2.75) is 19.8 Å². The molecule has 1 aromatic heterocycles. The molecule has 0 saturated carbocycles. The van der Waals surface area contributed by atoms with E-state index >= 15 is 0 Å². The lowest BCUT2D eigenvalue weighted by Gasteiger charge is -2.06. The van der Waals surface area contributed by atoms with E-state index in [9.17, 15) is 4.79 Å². The number of aryl methyl sites for hydroxylation is 1. The maximum absolute atomic E-state index is 12.3. The predicted octanol–water partition coefficient (Wildman–Crippen LogP) is 3.83.